The summed E-state index contributed by atoms with van der Waals surface area (Å²) in [7, 11) is 0. The van der Waals surface area contributed by atoms with E-state index in [1.165, 1.54) is 37.3 Å². The monoisotopic (exact) mass is 559 g/mol. The second-order valence-electron chi connectivity index (χ2n) is 8.05. The Morgan fingerprint density at radius 2 is 1.95 bits per heavy atom. The molecule has 1 atom stereocenters. The molecule has 9 nitrogen and oxygen atoms in total. The second kappa shape index (κ2) is 14.1. The summed E-state index contributed by atoms with van der Waals surface area (Å²) >= 11 is 5.97. The molecule has 0 radical (unpaired) electrons. The lowest BCUT2D eigenvalue weighted by Crippen LogP contribution is -2.55. The molecular formula is C24H26ClF4N5O4. The molecule has 0 bridgehead atoms. The van der Waals surface area contributed by atoms with Crippen molar-refractivity contribution in [2.24, 2.45) is 0 Å². The molecule has 3 rings (SSSR count). The number of hydrazine groups is 1. The number of hydroxylamine groups is 3. The van der Waals surface area contributed by atoms with Crippen molar-refractivity contribution in [2.45, 2.75) is 25.9 Å². The molecule has 2 aromatic rings. The van der Waals surface area contributed by atoms with Gasteiger partial charge in [0, 0.05) is 25.6 Å². The van der Waals surface area contributed by atoms with Crippen LogP contribution in [0.15, 0.2) is 48.5 Å². The zero-order valence-electron chi connectivity index (χ0n) is 20.2. The number of urea groups is 1. The number of alkyl halides is 2. The summed E-state index contributed by atoms with van der Waals surface area (Å²) in [5.41, 5.74) is 6.01. The molecule has 3 amide bonds. The van der Waals surface area contributed by atoms with Crippen LogP contribution in [0.3, 0.4) is 0 Å². The highest BCUT2D eigenvalue weighted by Gasteiger charge is 2.27. The first-order valence-corrected chi connectivity index (χ1v) is 11.8. The first-order chi connectivity index (χ1) is 18.2. The first-order valence-electron chi connectivity index (χ1n) is 11.4. The molecule has 38 heavy (non-hydrogen) atoms. The number of amides is 3. The maximum atomic E-state index is 13.8. The van der Waals surface area contributed by atoms with E-state index in [0.29, 0.717) is 16.8 Å². The van der Waals surface area contributed by atoms with Crippen LogP contribution in [0.5, 0.6) is 0 Å². The van der Waals surface area contributed by atoms with Gasteiger partial charge in [0.1, 0.15) is 11.6 Å². The topological polar surface area (TPSA) is 95.2 Å². The number of carbonyl (C=O) groups is 2. The van der Waals surface area contributed by atoms with Crippen molar-refractivity contribution in [3.05, 3.63) is 76.3 Å². The molecule has 206 valence electrons. The summed E-state index contributed by atoms with van der Waals surface area (Å²) in [5, 5.41) is 4.38. The van der Waals surface area contributed by atoms with Crippen LogP contribution in [-0.2, 0) is 21.0 Å². The van der Waals surface area contributed by atoms with Crippen LogP contribution in [0.25, 0.3) is 5.70 Å². The molecule has 3 N–H and O–H groups in total. The minimum atomic E-state index is -2.64. The average Bonchev–Trinajstić information content (AvgIpc) is 3.36. The van der Waals surface area contributed by atoms with Gasteiger partial charge in [-0.1, -0.05) is 35.9 Å². The third kappa shape index (κ3) is 8.13. The number of hydrogen-bond acceptors (Lipinski definition) is 6. The van der Waals surface area contributed by atoms with E-state index in [-0.39, 0.29) is 31.3 Å². The zero-order valence-corrected chi connectivity index (χ0v) is 21.0. The maximum Gasteiger partial charge on any atom is 0.370 e. The van der Waals surface area contributed by atoms with Crippen LogP contribution < -0.4 is 16.2 Å². The van der Waals surface area contributed by atoms with Gasteiger partial charge in [-0.2, -0.15) is 5.06 Å². The highest BCUT2D eigenvalue weighted by molar-refractivity contribution is 6.31. The quantitative estimate of drug-likeness (QED) is 0.272. The minimum Gasteiger partial charge on any atom is -0.309 e. The highest BCUT2D eigenvalue weighted by Crippen LogP contribution is 2.25. The molecule has 0 spiro atoms. The van der Waals surface area contributed by atoms with E-state index in [9.17, 15) is 27.2 Å². The Kier molecular flexibility index (Phi) is 10.9. The molecule has 1 heterocycles. The van der Waals surface area contributed by atoms with Crippen molar-refractivity contribution in [1.82, 2.24) is 26.3 Å². The molecule has 0 aromatic heterocycles. The van der Waals surface area contributed by atoms with Gasteiger partial charge < -0.3 is 5.32 Å². The predicted molar refractivity (Wildman–Crippen MR) is 130 cm³/mol. The van der Waals surface area contributed by atoms with E-state index < -0.39 is 42.6 Å². The Morgan fingerprint density at radius 1 is 1.18 bits per heavy atom. The molecule has 1 aliphatic rings. The van der Waals surface area contributed by atoms with Crippen LogP contribution in [0, 0.1) is 11.6 Å². The van der Waals surface area contributed by atoms with E-state index in [1.54, 1.807) is 18.2 Å². The third-order valence-corrected chi connectivity index (χ3v) is 5.72. The molecule has 0 aliphatic carbocycles. The smallest absolute Gasteiger partial charge is 0.309 e. The molecule has 1 aliphatic heterocycles. The zero-order chi connectivity index (χ0) is 27.7. The average molecular weight is 560 g/mol. The lowest BCUT2D eigenvalue weighted by Gasteiger charge is -2.31. The van der Waals surface area contributed by atoms with Gasteiger partial charge in [-0.3, -0.25) is 19.5 Å². The summed E-state index contributed by atoms with van der Waals surface area (Å²) in [6, 6.07) is 8.01. The number of nitrogens with zero attached hydrogens (tertiary/aromatic N) is 2. The largest absolute Gasteiger partial charge is 0.370 e. The van der Waals surface area contributed by atoms with Crippen molar-refractivity contribution in [2.75, 3.05) is 26.3 Å². The Bertz CT molecular complexity index is 1160. The van der Waals surface area contributed by atoms with Crippen molar-refractivity contribution in [3.8, 4) is 0 Å². The molecule has 0 fully saturated rings. The van der Waals surface area contributed by atoms with Gasteiger partial charge in [0.15, 0.2) is 0 Å². The highest BCUT2D eigenvalue weighted by atomic mass is 35.5. The number of nitrogens with one attached hydrogen (secondary N) is 3. The fraction of sp³-hybridized carbons (Fsp3) is 0.333. The number of carbonyl (C=O) groups excluding carboxylic acids is 2. The van der Waals surface area contributed by atoms with E-state index in [2.05, 4.69) is 16.2 Å². The van der Waals surface area contributed by atoms with E-state index in [1.807, 2.05) is 0 Å². The third-order valence-electron chi connectivity index (χ3n) is 5.29. The Balaban J connectivity index is 1.64. The maximum absolute atomic E-state index is 13.8. The molecule has 0 saturated heterocycles. The van der Waals surface area contributed by atoms with Crippen LogP contribution >= 0.6 is 11.6 Å². The second-order valence-corrected chi connectivity index (χ2v) is 8.43. The minimum absolute atomic E-state index is 0.0582. The van der Waals surface area contributed by atoms with Crippen molar-refractivity contribution < 1.29 is 36.8 Å². The number of benzene rings is 2. The van der Waals surface area contributed by atoms with E-state index in [0.717, 1.165) is 10.1 Å². The van der Waals surface area contributed by atoms with Gasteiger partial charge in [-0.05, 0) is 29.8 Å². The summed E-state index contributed by atoms with van der Waals surface area (Å²) in [5.74, 6) is -1.64. The molecular weight excluding hydrogens is 534 g/mol. The lowest BCUT2D eigenvalue weighted by molar-refractivity contribution is -0.138. The van der Waals surface area contributed by atoms with Gasteiger partial charge in [0.2, 0.25) is 5.91 Å². The molecule has 14 heteroatoms. The first kappa shape index (κ1) is 29.3. The van der Waals surface area contributed by atoms with Crippen LogP contribution in [0.1, 0.15) is 18.1 Å². The van der Waals surface area contributed by atoms with Crippen LogP contribution in [0.4, 0.5) is 22.4 Å². The molecule has 2 aromatic carbocycles. The van der Waals surface area contributed by atoms with Crippen LogP contribution in [0.2, 0.25) is 5.02 Å². The van der Waals surface area contributed by atoms with Gasteiger partial charge in [0.05, 0.1) is 36.5 Å². The van der Waals surface area contributed by atoms with Crippen LogP contribution in [-0.4, -0.2) is 60.8 Å². The number of halogens is 5. The summed E-state index contributed by atoms with van der Waals surface area (Å²) < 4.78 is 52.8. The summed E-state index contributed by atoms with van der Waals surface area (Å²) in [6.45, 7) is 0.110. The molecule has 0 saturated carbocycles. The lowest BCUT2D eigenvalue weighted by atomic mass is 10.1. The van der Waals surface area contributed by atoms with Crippen molar-refractivity contribution >= 4 is 29.2 Å². The number of rotatable bonds is 12. The standard InChI is InChI=1S/C24H26ClF4N5O4/c1-15(35)33(31-11-17-5-3-7-20(27)23(17)25)19(12-30-13-22(28)29)14-37-32-24(36)34-21(8-9-38-34)16-4-2-6-18(26)10-16/h2-8,10,19,22,30-31H,9,11-14H2,1H3,(H,32,36)/t19-/m0/s1. The summed E-state index contributed by atoms with van der Waals surface area (Å²) in [6.07, 6.45) is -1.06. The van der Waals surface area contributed by atoms with Crippen molar-refractivity contribution in [1.29, 1.82) is 0 Å². The Hall–Kier alpha value is -3.23. The normalized spacial score (nSPS) is 14.0. The summed E-state index contributed by atoms with van der Waals surface area (Å²) in [4.78, 5) is 35.6. The van der Waals surface area contributed by atoms with Gasteiger partial charge in [0.25, 0.3) is 6.43 Å². The van der Waals surface area contributed by atoms with Gasteiger partial charge in [-0.15, -0.1) is 0 Å². The fourth-order valence-corrected chi connectivity index (χ4v) is 3.76. The fourth-order valence-electron chi connectivity index (χ4n) is 3.57. The van der Waals surface area contributed by atoms with Gasteiger partial charge >= 0.3 is 6.03 Å². The Morgan fingerprint density at radius 3 is 2.66 bits per heavy atom. The van der Waals surface area contributed by atoms with Crippen molar-refractivity contribution in [3.63, 3.8) is 0 Å². The molecule has 0 unspecified atom stereocenters. The SMILES string of the molecule is CC(=O)N(NCc1cccc(F)c1Cl)[C@@H](CNCC(F)F)CONC(=O)N1OCC=C1c1cccc(F)c1. The Labute approximate surface area is 221 Å². The van der Waals surface area contributed by atoms with Gasteiger partial charge in [-0.25, -0.2) is 33.3 Å². The van der Waals surface area contributed by atoms with E-state index >= 15 is 0 Å². The van der Waals surface area contributed by atoms with E-state index in [4.69, 9.17) is 21.3 Å². The predicted octanol–water partition coefficient (Wildman–Crippen LogP) is 3.62. The number of hydrogen-bond donors (Lipinski definition) is 3.